The van der Waals surface area contributed by atoms with Gasteiger partial charge in [-0.2, -0.15) is 0 Å². The van der Waals surface area contributed by atoms with Crippen LogP contribution in [-0.2, 0) is 6.67 Å². The van der Waals surface area contributed by atoms with Crippen molar-refractivity contribution in [3.05, 3.63) is 65.0 Å². The summed E-state index contributed by atoms with van der Waals surface area (Å²) in [5, 5.41) is 11.2. The van der Waals surface area contributed by atoms with Gasteiger partial charge in [0.05, 0.1) is 29.0 Å². The van der Waals surface area contributed by atoms with E-state index in [1.807, 2.05) is 36.7 Å². The van der Waals surface area contributed by atoms with Crippen molar-refractivity contribution in [3.8, 4) is 0 Å². The fraction of sp³-hybridized carbons (Fsp3) is 0.278. The van der Waals surface area contributed by atoms with Gasteiger partial charge in [-0.05, 0) is 18.2 Å². The standard InChI is InChI=1S/C18H19N5O2/c24-23(25)18-8-4-3-7-17(18)21-11-9-20(10-12-21)14-22-13-19-15-5-1-2-6-16(15)22/h1-8,13H,9-12,14H2. The Bertz CT molecular complexity index is 899. The summed E-state index contributed by atoms with van der Waals surface area (Å²) in [7, 11) is 0. The third-order valence-electron chi connectivity index (χ3n) is 4.67. The first-order valence-corrected chi connectivity index (χ1v) is 8.33. The van der Waals surface area contributed by atoms with E-state index in [0.29, 0.717) is 5.69 Å². The highest BCUT2D eigenvalue weighted by molar-refractivity contribution is 5.74. The number of benzene rings is 2. The zero-order valence-corrected chi connectivity index (χ0v) is 13.8. The van der Waals surface area contributed by atoms with Crippen LogP contribution < -0.4 is 4.90 Å². The lowest BCUT2D eigenvalue weighted by atomic mass is 10.2. The lowest BCUT2D eigenvalue weighted by Gasteiger charge is -2.35. The molecule has 0 saturated carbocycles. The van der Waals surface area contributed by atoms with E-state index in [9.17, 15) is 10.1 Å². The third-order valence-corrected chi connectivity index (χ3v) is 4.67. The second kappa shape index (κ2) is 6.52. The van der Waals surface area contributed by atoms with Crippen LogP contribution in [0, 0.1) is 10.1 Å². The zero-order chi connectivity index (χ0) is 17.2. The van der Waals surface area contributed by atoms with E-state index in [0.717, 1.165) is 43.9 Å². The second-order valence-corrected chi connectivity index (χ2v) is 6.20. The Morgan fingerprint density at radius 1 is 1.00 bits per heavy atom. The minimum absolute atomic E-state index is 0.177. The largest absolute Gasteiger partial charge is 0.363 e. The minimum atomic E-state index is -0.306. The molecular weight excluding hydrogens is 318 g/mol. The van der Waals surface area contributed by atoms with Crippen LogP contribution in [0.5, 0.6) is 0 Å². The Morgan fingerprint density at radius 3 is 2.52 bits per heavy atom. The number of hydrogen-bond donors (Lipinski definition) is 0. The van der Waals surface area contributed by atoms with Gasteiger partial charge < -0.3 is 9.47 Å². The Kier molecular flexibility index (Phi) is 4.07. The van der Waals surface area contributed by atoms with Crippen LogP contribution >= 0.6 is 0 Å². The van der Waals surface area contributed by atoms with E-state index in [2.05, 4.69) is 25.4 Å². The maximum Gasteiger partial charge on any atom is 0.292 e. The Balaban J connectivity index is 1.44. The molecule has 0 radical (unpaired) electrons. The van der Waals surface area contributed by atoms with E-state index in [-0.39, 0.29) is 10.6 Å². The van der Waals surface area contributed by atoms with Gasteiger partial charge in [-0.15, -0.1) is 0 Å². The van der Waals surface area contributed by atoms with Crippen LogP contribution in [0.4, 0.5) is 11.4 Å². The predicted molar refractivity (Wildman–Crippen MR) is 96.6 cm³/mol. The average molecular weight is 337 g/mol. The summed E-state index contributed by atoms with van der Waals surface area (Å²) in [5.74, 6) is 0. The summed E-state index contributed by atoms with van der Waals surface area (Å²) in [4.78, 5) is 19.8. The van der Waals surface area contributed by atoms with Crippen LogP contribution in [0.25, 0.3) is 11.0 Å². The van der Waals surface area contributed by atoms with Crippen LogP contribution in [0.3, 0.4) is 0 Å². The molecule has 0 aliphatic carbocycles. The molecule has 7 heteroatoms. The van der Waals surface area contributed by atoms with Gasteiger partial charge in [-0.25, -0.2) is 4.98 Å². The zero-order valence-electron chi connectivity index (χ0n) is 13.8. The highest BCUT2D eigenvalue weighted by Gasteiger charge is 2.23. The molecule has 25 heavy (non-hydrogen) atoms. The van der Waals surface area contributed by atoms with Crippen LogP contribution in [0.2, 0.25) is 0 Å². The number of para-hydroxylation sites is 4. The number of nitro benzene ring substituents is 1. The molecule has 0 amide bonds. The molecule has 1 aliphatic rings. The molecule has 1 saturated heterocycles. The van der Waals surface area contributed by atoms with Crippen molar-refractivity contribution in [2.45, 2.75) is 6.67 Å². The molecule has 1 aliphatic heterocycles. The number of piperazine rings is 1. The lowest BCUT2D eigenvalue weighted by molar-refractivity contribution is -0.384. The summed E-state index contributed by atoms with van der Waals surface area (Å²) >= 11 is 0. The number of hydrogen-bond acceptors (Lipinski definition) is 5. The van der Waals surface area contributed by atoms with Crippen molar-refractivity contribution < 1.29 is 4.92 Å². The molecule has 4 rings (SSSR count). The summed E-state index contributed by atoms with van der Waals surface area (Å²) in [6, 6.07) is 15.1. The van der Waals surface area contributed by atoms with Gasteiger partial charge in [0.1, 0.15) is 5.69 Å². The molecular formula is C18H19N5O2. The molecule has 0 N–H and O–H groups in total. The van der Waals surface area contributed by atoms with E-state index in [1.165, 1.54) is 0 Å². The smallest absolute Gasteiger partial charge is 0.292 e. The molecule has 3 aromatic rings. The third kappa shape index (κ3) is 3.06. The Labute approximate surface area is 145 Å². The number of nitro groups is 1. The van der Waals surface area contributed by atoms with Gasteiger partial charge >= 0.3 is 0 Å². The maximum atomic E-state index is 11.2. The summed E-state index contributed by atoms with van der Waals surface area (Å²) in [6.45, 7) is 4.05. The maximum absolute atomic E-state index is 11.2. The summed E-state index contributed by atoms with van der Waals surface area (Å²) in [5.41, 5.74) is 3.02. The summed E-state index contributed by atoms with van der Waals surface area (Å²) in [6.07, 6.45) is 1.87. The van der Waals surface area contributed by atoms with Crippen molar-refractivity contribution in [3.63, 3.8) is 0 Å². The van der Waals surface area contributed by atoms with Gasteiger partial charge in [-0.1, -0.05) is 24.3 Å². The molecule has 0 spiro atoms. The van der Waals surface area contributed by atoms with Gasteiger partial charge in [0.2, 0.25) is 0 Å². The van der Waals surface area contributed by atoms with Crippen LogP contribution in [0.15, 0.2) is 54.9 Å². The number of imidazole rings is 1. The molecule has 7 nitrogen and oxygen atoms in total. The molecule has 0 bridgehead atoms. The van der Waals surface area contributed by atoms with Gasteiger partial charge in [-0.3, -0.25) is 15.0 Å². The van der Waals surface area contributed by atoms with Crippen molar-refractivity contribution in [2.75, 3.05) is 31.1 Å². The van der Waals surface area contributed by atoms with E-state index in [4.69, 9.17) is 0 Å². The van der Waals surface area contributed by atoms with Gasteiger partial charge in [0.15, 0.2) is 0 Å². The number of nitrogens with zero attached hydrogens (tertiary/aromatic N) is 5. The van der Waals surface area contributed by atoms with Gasteiger partial charge in [0.25, 0.3) is 5.69 Å². The number of rotatable bonds is 4. The van der Waals surface area contributed by atoms with Crippen molar-refractivity contribution in [2.24, 2.45) is 0 Å². The van der Waals surface area contributed by atoms with E-state index < -0.39 is 0 Å². The first kappa shape index (κ1) is 15.6. The van der Waals surface area contributed by atoms with E-state index >= 15 is 0 Å². The molecule has 0 unspecified atom stereocenters. The molecule has 2 heterocycles. The fourth-order valence-corrected chi connectivity index (χ4v) is 3.35. The monoisotopic (exact) mass is 337 g/mol. The van der Waals surface area contributed by atoms with Crippen LogP contribution in [0.1, 0.15) is 0 Å². The normalized spacial score (nSPS) is 15.6. The Morgan fingerprint density at radius 2 is 1.72 bits per heavy atom. The average Bonchev–Trinajstić information content (AvgIpc) is 3.05. The Hall–Kier alpha value is -2.93. The van der Waals surface area contributed by atoms with Crippen molar-refractivity contribution in [1.29, 1.82) is 0 Å². The molecule has 2 aromatic carbocycles. The van der Waals surface area contributed by atoms with E-state index in [1.54, 1.807) is 12.1 Å². The summed E-state index contributed by atoms with van der Waals surface area (Å²) < 4.78 is 2.15. The van der Waals surface area contributed by atoms with Crippen molar-refractivity contribution in [1.82, 2.24) is 14.5 Å². The second-order valence-electron chi connectivity index (χ2n) is 6.20. The van der Waals surface area contributed by atoms with Crippen molar-refractivity contribution >= 4 is 22.4 Å². The first-order chi connectivity index (χ1) is 12.2. The highest BCUT2D eigenvalue weighted by Crippen LogP contribution is 2.28. The number of fused-ring (bicyclic) bond motifs is 1. The fourth-order valence-electron chi connectivity index (χ4n) is 3.35. The lowest BCUT2D eigenvalue weighted by Crippen LogP contribution is -2.46. The highest BCUT2D eigenvalue weighted by atomic mass is 16.6. The number of aromatic nitrogens is 2. The first-order valence-electron chi connectivity index (χ1n) is 8.33. The quantitative estimate of drug-likeness (QED) is 0.541. The van der Waals surface area contributed by atoms with Gasteiger partial charge in [0, 0.05) is 32.2 Å². The van der Waals surface area contributed by atoms with Crippen LogP contribution in [-0.4, -0.2) is 45.6 Å². The predicted octanol–water partition coefficient (Wildman–Crippen LogP) is 2.72. The molecule has 128 valence electrons. The molecule has 0 atom stereocenters. The SMILES string of the molecule is O=[N+]([O-])c1ccccc1N1CCN(Cn2cnc3ccccc32)CC1. The number of anilines is 1. The minimum Gasteiger partial charge on any atom is -0.363 e. The topological polar surface area (TPSA) is 67.4 Å². The molecule has 1 aromatic heterocycles. The molecule has 1 fully saturated rings.